The van der Waals surface area contributed by atoms with Crippen molar-refractivity contribution in [3.05, 3.63) is 65.7 Å². The van der Waals surface area contributed by atoms with Gasteiger partial charge in [0.15, 0.2) is 6.10 Å². The Kier molecular flexibility index (Phi) is 4.58. The van der Waals surface area contributed by atoms with E-state index < -0.39 is 6.10 Å². The van der Waals surface area contributed by atoms with Gasteiger partial charge in [-0.15, -0.1) is 0 Å². The van der Waals surface area contributed by atoms with Crippen LogP contribution in [0.15, 0.2) is 54.6 Å². The van der Waals surface area contributed by atoms with Crippen molar-refractivity contribution in [3.63, 3.8) is 0 Å². The molecule has 0 amide bonds. The van der Waals surface area contributed by atoms with Crippen molar-refractivity contribution in [2.24, 2.45) is 0 Å². The van der Waals surface area contributed by atoms with Gasteiger partial charge in [-0.05, 0) is 30.5 Å². The van der Waals surface area contributed by atoms with Crippen LogP contribution in [-0.4, -0.2) is 6.10 Å². The van der Waals surface area contributed by atoms with E-state index in [0.717, 1.165) is 17.7 Å². The summed E-state index contributed by atoms with van der Waals surface area (Å²) in [6.07, 6.45) is 1.15. The number of benzene rings is 2. The lowest BCUT2D eigenvalue weighted by atomic mass is 10.1. The Bertz CT molecular complexity index is 557. The quantitative estimate of drug-likeness (QED) is 0.807. The molecule has 2 aromatic carbocycles. The molecule has 0 saturated carbocycles. The van der Waals surface area contributed by atoms with E-state index >= 15 is 0 Å². The van der Waals surface area contributed by atoms with Gasteiger partial charge >= 0.3 is 0 Å². The molecular formula is C17H17NO. The van der Waals surface area contributed by atoms with Crippen LogP contribution in [0.4, 0.5) is 0 Å². The smallest absolute Gasteiger partial charge is 0.184 e. The lowest BCUT2D eigenvalue weighted by Gasteiger charge is -2.14. The van der Waals surface area contributed by atoms with Gasteiger partial charge in [0.05, 0.1) is 0 Å². The zero-order valence-corrected chi connectivity index (χ0v) is 11.0. The lowest BCUT2D eigenvalue weighted by Crippen LogP contribution is -2.15. The highest BCUT2D eigenvalue weighted by atomic mass is 16.5. The van der Waals surface area contributed by atoms with Crippen molar-refractivity contribution in [2.75, 3.05) is 0 Å². The van der Waals surface area contributed by atoms with Crippen molar-refractivity contribution in [3.8, 4) is 11.8 Å². The monoisotopic (exact) mass is 251 g/mol. The summed E-state index contributed by atoms with van der Waals surface area (Å²) in [5.41, 5.74) is 2.29. The van der Waals surface area contributed by atoms with Gasteiger partial charge in [0.2, 0.25) is 0 Å². The molecule has 2 rings (SSSR count). The van der Waals surface area contributed by atoms with E-state index in [1.54, 1.807) is 0 Å². The van der Waals surface area contributed by atoms with Gasteiger partial charge in [-0.1, -0.05) is 48.5 Å². The van der Waals surface area contributed by atoms with E-state index in [9.17, 15) is 5.26 Å². The third-order valence-electron chi connectivity index (χ3n) is 3.04. The molecular weight excluding hydrogens is 234 g/mol. The van der Waals surface area contributed by atoms with Crippen LogP contribution in [0.3, 0.4) is 0 Å². The molecule has 0 spiro atoms. The number of hydrogen-bond donors (Lipinski definition) is 0. The number of hydrogen-bond acceptors (Lipinski definition) is 2. The van der Waals surface area contributed by atoms with Gasteiger partial charge in [-0.2, -0.15) is 5.26 Å². The Morgan fingerprint density at radius 1 is 1.05 bits per heavy atom. The molecule has 2 heteroatoms. The first-order chi connectivity index (χ1) is 9.29. The van der Waals surface area contributed by atoms with E-state index in [0.29, 0.717) is 6.42 Å². The molecule has 0 fully saturated rings. The van der Waals surface area contributed by atoms with Crippen LogP contribution in [0.5, 0.6) is 5.75 Å². The Morgan fingerprint density at radius 2 is 1.74 bits per heavy atom. The molecule has 1 atom stereocenters. The summed E-state index contributed by atoms with van der Waals surface area (Å²) in [7, 11) is 0. The normalized spacial score (nSPS) is 11.6. The number of aryl methyl sites for hydroxylation is 2. The van der Waals surface area contributed by atoms with Crippen molar-refractivity contribution in [1.82, 2.24) is 0 Å². The highest BCUT2D eigenvalue weighted by Gasteiger charge is 2.10. The lowest BCUT2D eigenvalue weighted by molar-refractivity contribution is 0.244. The van der Waals surface area contributed by atoms with Crippen LogP contribution < -0.4 is 4.74 Å². The molecule has 0 bridgehead atoms. The minimum Gasteiger partial charge on any atom is -0.475 e. The Hall–Kier alpha value is -2.27. The molecule has 2 aromatic rings. The molecule has 0 aliphatic rings. The van der Waals surface area contributed by atoms with Crippen LogP contribution in [-0.2, 0) is 6.42 Å². The van der Waals surface area contributed by atoms with Crippen molar-refractivity contribution in [1.29, 1.82) is 5.26 Å². The first kappa shape index (κ1) is 13.2. The molecule has 0 saturated heterocycles. The molecule has 0 aliphatic heterocycles. The van der Waals surface area contributed by atoms with E-state index in [1.165, 1.54) is 5.56 Å². The second-order valence-corrected chi connectivity index (χ2v) is 4.53. The molecule has 96 valence electrons. The molecule has 1 unspecified atom stereocenters. The van der Waals surface area contributed by atoms with E-state index in [4.69, 9.17) is 4.74 Å². The summed E-state index contributed by atoms with van der Waals surface area (Å²) >= 11 is 0. The van der Waals surface area contributed by atoms with Gasteiger partial charge < -0.3 is 4.74 Å². The molecule has 0 heterocycles. The SMILES string of the molecule is Cc1ccccc1OC(C#N)CCc1ccccc1. The van der Waals surface area contributed by atoms with E-state index in [-0.39, 0.29) is 0 Å². The van der Waals surface area contributed by atoms with Crippen LogP contribution in [0.25, 0.3) is 0 Å². The summed E-state index contributed by atoms with van der Waals surface area (Å²) in [5, 5.41) is 9.18. The maximum absolute atomic E-state index is 9.18. The van der Waals surface area contributed by atoms with Gasteiger partial charge in [0.25, 0.3) is 0 Å². The predicted octanol–water partition coefficient (Wildman–Crippen LogP) is 3.90. The molecule has 0 aromatic heterocycles. The number of rotatable bonds is 5. The standard InChI is InChI=1S/C17H17NO/c1-14-7-5-6-10-17(14)19-16(13-18)12-11-15-8-3-2-4-9-15/h2-10,16H,11-12H2,1H3. The predicted molar refractivity (Wildman–Crippen MR) is 76.0 cm³/mol. The zero-order valence-electron chi connectivity index (χ0n) is 11.0. The topological polar surface area (TPSA) is 33.0 Å². The Morgan fingerprint density at radius 3 is 2.42 bits per heavy atom. The molecule has 0 radical (unpaired) electrons. The average molecular weight is 251 g/mol. The van der Waals surface area contributed by atoms with Crippen molar-refractivity contribution >= 4 is 0 Å². The Labute approximate surface area is 114 Å². The average Bonchev–Trinajstić information content (AvgIpc) is 2.46. The van der Waals surface area contributed by atoms with Gasteiger partial charge in [-0.3, -0.25) is 0 Å². The second-order valence-electron chi connectivity index (χ2n) is 4.53. The fourth-order valence-electron chi connectivity index (χ4n) is 1.93. The molecule has 2 nitrogen and oxygen atoms in total. The molecule has 19 heavy (non-hydrogen) atoms. The van der Waals surface area contributed by atoms with E-state index in [2.05, 4.69) is 18.2 Å². The maximum atomic E-state index is 9.18. The summed E-state index contributed by atoms with van der Waals surface area (Å²) in [5.74, 6) is 0.794. The van der Waals surface area contributed by atoms with Crippen molar-refractivity contribution in [2.45, 2.75) is 25.9 Å². The highest BCUT2D eigenvalue weighted by molar-refractivity contribution is 5.32. The minimum atomic E-state index is -0.402. The first-order valence-electron chi connectivity index (χ1n) is 6.45. The minimum absolute atomic E-state index is 0.402. The Balaban J connectivity index is 1.95. The number of para-hydroxylation sites is 1. The van der Waals surface area contributed by atoms with Gasteiger partial charge in [-0.25, -0.2) is 0 Å². The maximum Gasteiger partial charge on any atom is 0.184 e. The number of nitrogens with zero attached hydrogens (tertiary/aromatic N) is 1. The number of ether oxygens (including phenoxy) is 1. The third kappa shape index (κ3) is 3.86. The fourth-order valence-corrected chi connectivity index (χ4v) is 1.93. The van der Waals surface area contributed by atoms with Crippen molar-refractivity contribution < 1.29 is 4.74 Å². The molecule has 0 aliphatic carbocycles. The van der Waals surface area contributed by atoms with Crippen LogP contribution >= 0.6 is 0 Å². The van der Waals surface area contributed by atoms with Crippen LogP contribution in [0, 0.1) is 18.3 Å². The summed E-state index contributed by atoms with van der Waals surface area (Å²) in [6.45, 7) is 1.99. The van der Waals surface area contributed by atoms with Crippen LogP contribution in [0.1, 0.15) is 17.5 Å². The fraction of sp³-hybridized carbons (Fsp3) is 0.235. The summed E-state index contributed by atoms with van der Waals surface area (Å²) < 4.78 is 5.76. The molecule has 0 N–H and O–H groups in total. The third-order valence-corrected chi connectivity index (χ3v) is 3.04. The van der Waals surface area contributed by atoms with Gasteiger partial charge in [0.1, 0.15) is 11.8 Å². The summed E-state index contributed by atoms with van der Waals surface area (Å²) in [6, 6.07) is 20.2. The van der Waals surface area contributed by atoms with Crippen LogP contribution in [0.2, 0.25) is 0 Å². The van der Waals surface area contributed by atoms with E-state index in [1.807, 2.05) is 49.4 Å². The number of nitriles is 1. The largest absolute Gasteiger partial charge is 0.475 e. The second kappa shape index (κ2) is 6.61. The first-order valence-corrected chi connectivity index (χ1v) is 6.45. The summed E-state index contributed by atoms with van der Waals surface area (Å²) in [4.78, 5) is 0. The highest BCUT2D eigenvalue weighted by Crippen LogP contribution is 2.19. The zero-order chi connectivity index (χ0) is 13.5. The van der Waals surface area contributed by atoms with Gasteiger partial charge in [0, 0.05) is 6.42 Å².